The van der Waals surface area contributed by atoms with Gasteiger partial charge < -0.3 is 15.0 Å². The predicted molar refractivity (Wildman–Crippen MR) is 56.1 cm³/mol. The van der Waals surface area contributed by atoms with Crippen molar-refractivity contribution in [1.29, 1.82) is 0 Å². The lowest BCUT2D eigenvalue weighted by molar-refractivity contribution is -0.130. The number of carbonyl (C=O) groups excluding carboxylic acids is 2. The van der Waals surface area contributed by atoms with Crippen LogP contribution in [0.2, 0.25) is 0 Å². The Balaban J connectivity index is 1.93. The monoisotopic (exact) mass is 228 g/mol. The van der Waals surface area contributed by atoms with Crippen molar-refractivity contribution in [3.63, 3.8) is 0 Å². The largest absolute Gasteiger partial charge is 0.378 e. The summed E-state index contributed by atoms with van der Waals surface area (Å²) in [4.78, 5) is 24.3. The molecule has 0 atom stereocenters. The normalized spacial score (nSPS) is 24.4. The fraction of sp³-hybridized carbons (Fsp3) is 0.556. The molecule has 0 aromatic heterocycles. The number of thioether (sulfide) groups is 1. The molecule has 15 heavy (non-hydrogen) atoms. The van der Waals surface area contributed by atoms with Crippen LogP contribution in [0, 0.1) is 0 Å². The summed E-state index contributed by atoms with van der Waals surface area (Å²) < 4.78 is 5.15. The van der Waals surface area contributed by atoms with E-state index in [1.807, 2.05) is 0 Å². The Labute approximate surface area is 91.8 Å². The average Bonchev–Trinajstić information content (AvgIpc) is 2.65. The van der Waals surface area contributed by atoms with Crippen LogP contribution in [0.25, 0.3) is 0 Å². The van der Waals surface area contributed by atoms with Crippen molar-refractivity contribution in [1.82, 2.24) is 10.2 Å². The number of rotatable bonds is 1. The molecule has 0 spiro atoms. The van der Waals surface area contributed by atoms with E-state index in [2.05, 4.69) is 5.32 Å². The fourth-order valence-corrected chi connectivity index (χ4v) is 2.15. The molecule has 0 saturated carbocycles. The van der Waals surface area contributed by atoms with Crippen molar-refractivity contribution >= 4 is 23.6 Å². The van der Waals surface area contributed by atoms with E-state index in [1.54, 1.807) is 4.90 Å². The van der Waals surface area contributed by atoms with E-state index in [4.69, 9.17) is 4.74 Å². The van der Waals surface area contributed by atoms with E-state index >= 15 is 0 Å². The zero-order valence-electron chi connectivity index (χ0n) is 8.19. The van der Waals surface area contributed by atoms with Crippen LogP contribution in [0.1, 0.15) is 0 Å². The topological polar surface area (TPSA) is 58.6 Å². The summed E-state index contributed by atoms with van der Waals surface area (Å²) in [6.07, 6.45) is 1.49. The first-order valence-electron chi connectivity index (χ1n) is 4.77. The van der Waals surface area contributed by atoms with Gasteiger partial charge in [0.1, 0.15) is 0 Å². The predicted octanol–water partition coefficient (Wildman–Crippen LogP) is -0.450. The van der Waals surface area contributed by atoms with Crippen molar-refractivity contribution in [2.24, 2.45) is 0 Å². The third-order valence-corrected chi connectivity index (χ3v) is 3.14. The van der Waals surface area contributed by atoms with Crippen LogP contribution in [-0.2, 0) is 14.3 Å². The Morgan fingerprint density at radius 2 is 2.20 bits per heavy atom. The molecule has 2 rings (SSSR count). The van der Waals surface area contributed by atoms with Crippen LogP contribution in [0.5, 0.6) is 0 Å². The highest BCUT2D eigenvalue weighted by Gasteiger charge is 2.19. The zero-order valence-corrected chi connectivity index (χ0v) is 9.01. The number of carbonyl (C=O) groups is 2. The van der Waals surface area contributed by atoms with Crippen molar-refractivity contribution in [3.05, 3.63) is 11.1 Å². The van der Waals surface area contributed by atoms with E-state index in [1.165, 1.54) is 17.8 Å². The summed E-state index contributed by atoms with van der Waals surface area (Å²) >= 11 is 1.36. The fourth-order valence-electron chi connectivity index (χ4n) is 1.42. The molecule has 82 valence electrons. The molecular formula is C9H12N2O3S. The molecule has 0 aromatic carbocycles. The molecule has 0 radical (unpaired) electrons. The van der Waals surface area contributed by atoms with Gasteiger partial charge in [-0.25, -0.2) is 0 Å². The first-order valence-corrected chi connectivity index (χ1v) is 5.75. The minimum Gasteiger partial charge on any atom is -0.378 e. The number of morpholine rings is 1. The highest BCUT2D eigenvalue weighted by Crippen LogP contribution is 2.18. The van der Waals surface area contributed by atoms with Gasteiger partial charge >= 0.3 is 0 Å². The number of amides is 2. The van der Waals surface area contributed by atoms with Crippen LogP contribution < -0.4 is 5.32 Å². The summed E-state index contributed by atoms with van der Waals surface area (Å²) in [6.45, 7) is 2.44. The van der Waals surface area contributed by atoms with Crippen LogP contribution in [-0.4, -0.2) is 48.8 Å². The molecular weight excluding hydrogens is 216 g/mol. The van der Waals surface area contributed by atoms with E-state index < -0.39 is 0 Å². The van der Waals surface area contributed by atoms with Crippen LogP contribution in [0.3, 0.4) is 0 Å². The van der Waals surface area contributed by atoms with Crippen molar-refractivity contribution in [2.75, 3.05) is 32.1 Å². The first-order chi connectivity index (χ1) is 7.25. The summed E-state index contributed by atoms with van der Waals surface area (Å²) in [6, 6.07) is 0. The second kappa shape index (κ2) is 4.67. The summed E-state index contributed by atoms with van der Waals surface area (Å²) in [5.41, 5.74) is 0. The lowest BCUT2D eigenvalue weighted by atomic mass is 10.4. The number of nitrogens with zero attached hydrogens (tertiary/aromatic N) is 1. The van der Waals surface area contributed by atoms with E-state index in [-0.39, 0.29) is 11.8 Å². The lowest BCUT2D eigenvalue weighted by Gasteiger charge is -2.25. The van der Waals surface area contributed by atoms with Crippen molar-refractivity contribution < 1.29 is 14.3 Å². The molecule has 0 bridgehead atoms. The van der Waals surface area contributed by atoms with Crippen LogP contribution in [0.15, 0.2) is 11.1 Å². The third kappa shape index (κ3) is 2.73. The SMILES string of the molecule is O=C1CS/C(=C/C(=O)N2CCOCC2)N1. The average molecular weight is 228 g/mol. The number of ether oxygens (including phenoxy) is 1. The zero-order chi connectivity index (χ0) is 10.7. The molecule has 2 aliphatic rings. The van der Waals surface area contributed by atoms with E-state index in [0.717, 1.165) is 0 Å². The van der Waals surface area contributed by atoms with Crippen molar-refractivity contribution in [3.8, 4) is 0 Å². The molecule has 5 nitrogen and oxygen atoms in total. The minimum atomic E-state index is -0.0528. The maximum absolute atomic E-state index is 11.7. The molecule has 0 aromatic rings. The van der Waals surface area contributed by atoms with Gasteiger partial charge in [0.2, 0.25) is 11.8 Å². The summed E-state index contributed by atoms with van der Waals surface area (Å²) in [5, 5.41) is 3.28. The van der Waals surface area contributed by atoms with Gasteiger partial charge in [-0.3, -0.25) is 9.59 Å². The number of nitrogens with one attached hydrogen (secondary N) is 1. The minimum absolute atomic E-state index is 0.0407. The maximum atomic E-state index is 11.7. The Bertz CT molecular complexity index is 310. The summed E-state index contributed by atoms with van der Waals surface area (Å²) in [7, 11) is 0. The second-order valence-electron chi connectivity index (χ2n) is 3.28. The molecule has 1 N–H and O–H groups in total. The highest BCUT2D eigenvalue weighted by atomic mass is 32.2. The molecule has 2 amide bonds. The molecule has 6 heteroatoms. The van der Waals surface area contributed by atoms with E-state index in [9.17, 15) is 9.59 Å². The number of hydrogen-bond donors (Lipinski definition) is 1. The Morgan fingerprint density at radius 3 is 2.80 bits per heavy atom. The molecule has 0 aliphatic carbocycles. The second-order valence-corrected chi connectivity index (χ2v) is 4.30. The molecule has 2 aliphatic heterocycles. The van der Waals surface area contributed by atoms with Gasteiger partial charge in [-0.15, -0.1) is 0 Å². The molecule has 2 heterocycles. The molecule has 2 saturated heterocycles. The van der Waals surface area contributed by atoms with Gasteiger partial charge in [0.15, 0.2) is 0 Å². The van der Waals surface area contributed by atoms with Crippen LogP contribution in [0.4, 0.5) is 0 Å². The van der Waals surface area contributed by atoms with Gasteiger partial charge in [0.05, 0.1) is 24.0 Å². The van der Waals surface area contributed by atoms with Crippen LogP contribution >= 0.6 is 11.8 Å². The maximum Gasteiger partial charge on any atom is 0.249 e. The van der Waals surface area contributed by atoms with Gasteiger partial charge in [0, 0.05) is 19.2 Å². The first kappa shape index (κ1) is 10.5. The van der Waals surface area contributed by atoms with Gasteiger partial charge in [0.25, 0.3) is 0 Å². The van der Waals surface area contributed by atoms with Crippen molar-refractivity contribution in [2.45, 2.75) is 0 Å². The molecule has 0 unspecified atom stereocenters. The Hall–Kier alpha value is -1.01. The number of hydrogen-bond acceptors (Lipinski definition) is 4. The quantitative estimate of drug-likeness (QED) is 0.618. The lowest BCUT2D eigenvalue weighted by Crippen LogP contribution is -2.40. The highest BCUT2D eigenvalue weighted by molar-refractivity contribution is 8.04. The smallest absolute Gasteiger partial charge is 0.249 e. The molecule has 2 fully saturated rings. The Kier molecular flexibility index (Phi) is 3.27. The van der Waals surface area contributed by atoms with Gasteiger partial charge in [-0.1, -0.05) is 11.8 Å². The third-order valence-electron chi connectivity index (χ3n) is 2.20. The van der Waals surface area contributed by atoms with E-state index in [0.29, 0.717) is 37.1 Å². The van der Waals surface area contributed by atoms with Gasteiger partial charge in [-0.05, 0) is 0 Å². The Morgan fingerprint density at radius 1 is 1.47 bits per heavy atom. The summed E-state index contributed by atoms with van der Waals surface area (Å²) in [5.74, 6) is 0.311. The van der Waals surface area contributed by atoms with Gasteiger partial charge in [-0.2, -0.15) is 0 Å². The standard InChI is InChI=1S/C9H12N2O3S/c12-7-6-15-8(10-7)5-9(13)11-1-3-14-4-2-11/h5H,1-4,6H2,(H,10,12)/b8-5+.